The molecule has 0 aromatic heterocycles. The molecule has 4 unspecified atom stereocenters. The van der Waals surface area contributed by atoms with E-state index >= 15 is 0 Å². The summed E-state index contributed by atoms with van der Waals surface area (Å²) in [5, 5.41) is 0. The smallest absolute Gasteiger partial charge is 0.0299 e. The maximum absolute atomic E-state index is 4.51. The summed E-state index contributed by atoms with van der Waals surface area (Å²) in [7, 11) is 0. The summed E-state index contributed by atoms with van der Waals surface area (Å²) in [5.74, 6) is 1.77. The minimum absolute atomic E-state index is 0.631. The van der Waals surface area contributed by atoms with E-state index in [2.05, 4.69) is 84.3 Å². The van der Waals surface area contributed by atoms with Gasteiger partial charge < -0.3 is 0 Å². The molecule has 0 bridgehead atoms. The van der Waals surface area contributed by atoms with Crippen LogP contribution in [0.25, 0.3) is 0 Å². The lowest BCUT2D eigenvalue weighted by atomic mass is 9.88. The van der Waals surface area contributed by atoms with Gasteiger partial charge in [0.15, 0.2) is 0 Å². The van der Waals surface area contributed by atoms with Gasteiger partial charge >= 0.3 is 0 Å². The van der Waals surface area contributed by atoms with Gasteiger partial charge in [0.05, 0.1) is 0 Å². The highest BCUT2D eigenvalue weighted by Crippen LogP contribution is 2.34. The second-order valence-corrected chi connectivity index (χ2v) is 7.17. The summed E-state index contributed by atoms with van der Waals surface area (Å²) in [4.78, 5) is 2.65. The molecule has 1 heterocycles. The van der Waals surface area contributed by atoms with E-state index in [0.29, 0.717) is 16.0 Å². The van der Waals surface area contributed by atoms with Crippen molar-refractivity contribution in [3.8, 4) is 0 Å². The van der Waals surface area contributed by atoms with Crippen LogP contribution < -0.4 is 0 Å². The lowest BCUT2D eigenvalue weighted by Crippen LogP contribution is -2.52. The number of thiol groups is 1. The molecule has 3 heteroatoms. The quantitative estimate of drug-likeness (QED) is 0.475. The van der Waals surface area contributed by atoms with Crippen molar-refractivity contribution < 1.29 is 0 Å². The Hall–Kier alpha value is 0.260. The van der Waals surface area contributed by atoms with Crippen LogP contribution in [0.5, 0.6) is 0 Å². The predicted molar refractivity (Wildman–Crippen MR) is 90.7 cm³/mol. The topological polar surface area (TPSA) is 3.24 Å². The maximum atomic E-state index is 4.51. The molecule has 1 aliphatic rings. The molecule has 4 atom stereocenters. The molecule has 0 aliphatic carbocycles. The van der Waals surface area contributed by atoms with Gasteiger partial charge in [-0.3, -0.25) is 4.90 Å². The van der Waals surface area contributed by atoms with Crippen molar-refractivity contribution in [3.05, 3.63) is 35.9 Å². The summed E-state index contributed by atoms with van der Waals surface area (Å²) in [6.07, 6.45) is 1.27. The van der Waals surface area contributed by atoms with E-state index in [1.165, 1.54) is 12.0 Å². The second kappa shape index (κ2) is 6.62. The number of likely N-dealkylation sites (tertiary alicyclic amines) is 1. The van der Waals surface area contributed by atoms with E-state index < -0.39 is 0 Å². The first-order valence-electron chi connectivity index (χ1n) is 6.68. The van der Waals surface area contributed by atoms with Crippen molar-refractivity contribution in [3.63, 3.8) is 0 Å². The highest BCUT2D eigenvalue weighted by molar-refractivity contribution is 14.1. The van der Waals surface area contributed by atoms with Gasteiger partial charge in [-0.2, -0.15) is 12.6 Å². The van der Waals surface area contributed by atoms with Crippen molar-refractivity contribution >= 4 is 35.2 Å². The van der Waals surface area contributed by atoms with Gasteiger partial charge in [0.1, 0.15) is 0 Å². The molecule has 1 saturated heterocycles. The first-order valence-corrected chi connectivity index (χ1v) is 8.56. The van der Waals surface area contributed by atoms with Crippen molar-refractivity contribution in [2.24, 2.45) is 5.92 Å². The molecule has 2 rings (SSSR count). The summed E-state index contributed by atoms with van der Waals surface area (Å²) < 4.78 is 0.708. The zero-order valence-corrected chi connectivity index (χ0v) is 14.1. The number of nitrogens with zero attached hydrogens (tertiary/aromatic N) is 1. The Morgan fingerprint density at radius 1 is 1.28 bits per heavy atom. The summed E-state index contributed by atoms with van der Waals surface area (Å²) in [6, 6.07) is 12.1. The molecule has 0 spiro atoms. The predicted octanol–water partition coefficient (Wildman–Crippen LogP) is 4.02. The highest BCUT2D eigenvalue weighted by atomic mass is 127. The Bertz CT molecular complexity index is 370. The fraction of sp³-hybridized carbons (Fsp3) is 0.600. The van der Waals surface area contributed by atoms with Gasteiger partial charge in [0, 0.05) is 22.6 Å². The lowest BCUT2D eigenvalue weighted by molar-refractivity contribution is 0.0799. The van der Waals surface area contributed by atoms with Crippen LogP contribution >= 0.6 is 35.2 Å². The largest absolute Gasteiger partial charge is 0.293 e. The van der Waals surface area contributed by atoms with E-state index in [1.807, 2.05) is 0 Å². The Labute approximate surface area is 130 Å². The van der Waals surface area contributed by atoms with Crippen molar-refractivity contribution in [1.82, 2.24) is 4.90 Å². The average Bonchev–Trinajstić information content (AvgIpc) is 2.40. The zero-order chi connectivity index (χ0) is 13.1. The third-order valence-corrected chi connectivity index (χ3v) is 6.61. The number of hydrogen-bond acceptors (Lipinski definition) is 2. The number of rotatable bonds is 3. The van der Waals surface area contributed by atoms with Crippen LogP contribution in [-0.2, 0) is 6.54 Å². The van der Waals surface area contributed by atoms with E-state index in [0.717, 1.165) is 18.2 Å². The van der Waals surface area contributed by atoms with E-state index in [9.17, 15) is 0 Å². The molecular formula is C15H22INS. The molecule has 1 nitrogen and oxygen atoms in total. The molecule has 1 aromatic carbocycles. The lowest BCUT2D eigenvalue weighted by Gasteiger charge is -2.45. The summed E-state index contributed by atoms with van der Waals surface area (Å²) >= 11 is 7.13. The van der Waals surface area contributed by atoms with E-state index in [1.54, 1.807) is 0 Å². The van der Waals surface area contributed by atoms with E-state index in [4.69, 9.17) is 0 Å². The fourth-order valence-corrected chi connectivity index (χ4v) is 4.69. The Morgan fingerprint density at radius 2 is 1.94 bits per heavy atom. The molecule has 0 radical (unpaired) electrons. The van der Waals surface area contributed by atoms with Crippen LogP contribution in [0, 0.1) is 5.92 Å². The van der Waals surface area contributed by atoms with Gasteiger partial charge in [-0.15, -0.1) is 0 Å². The molecule has 0 saturated carbocycles. The molecular weight excluding hydrogens is 353 g/mol. The Morgan fingerprint density at radius 3 is 2.56 bits per heavy atom. The van der Waals surface area contributed by atoms with Crippen LogP contribution in [0.3, 0.4) is 0 Å². The second-order valence-electron chi connectivity index (χ2n) is 5.37. The van der Waals surface area contributed by atoms with Gasteiger partial charge in [0.2, 0.25) is 0 Å². The monoisotopic (exact) mass is 375 g/mol. The third-order valence-electron chi connectivity index (χ3n) is 4.09. The number of piperidine rings is 1. The number of hydrogen-bond donors (Lipinski definition) is 1. The first-order chi connectivity index (χ1) is 8.63. The fourth-order valence-electron chi connectivity index (χ4n) is 2.95. The Kier molecular flexibility index (Phi) is 5.39. The minimum Gasteiger partial charge on any atom is -0.293 e. The standard InChI is InChI=1S/C15H22INS/c1-11-8-14(10-18)15(16)12(2)17(11)9-13-6-4-3-5-7-13/h3-7,11-12,14-15,18H,8-10H2,1-2H3. The summed E-state index contributed by atoms with van der Waals surface area (Å²) in [6.45, 7) is 5.80. The Balaban J connectivity index is 2.08. The molecule has 18 heavy (non-hydrogen) atoms. The SMILES string of the molecule is CC1CC(CS)C(I)C(C)N1Cc1ccccc1. The molecule has 100 valence electrons. The molecule has 0 amide bonds. The maximum Gasteiger partial charge on any atom is 0.0299 e. The van der Waals surface area contributed by atoms with Gasteiger partial charge in [-0.1, -0.05) is 52.9 Å². The van der Waals surface area contributed by atoms with Crippen molar-refractivity contribution in [2.75, 3.05) is 5.75 Å². The van der Waals surface area contributed by atoms with Crippen LogP contribution in [-0.4, -0.2) is 26.7 Å². The van der Waals surface area contributed by atoms with Gasteiger partial charge in [-0.05, 0) is 37.5 Å². The third kappa shape index (κ3) is 3.23. The van der Waals surface area contributed by atoms with Gasteiger partial charge in [0.25, 0.3) is 0 Å². The molecule has 1 aliphatic heterocycles. The molecule has 1 fully saturated rings. The molecule has 1 aromatic rings. The number of halogens is 1. The normalized spacial score (nSPS) is 33.6. The number of benzene rings is 1. The van der Waals surface area contributed by atoms with Crippen molar-refractivity contribution in [1.29, 1.82) is 0 Å². The minimum atomic E-state index is 0.631. The number of alkyl halides is 1. The molecule has 0 N–H and O–H groups in total. The van der Waals surface area contributed by atoms with Crippen LogP contribution in [0.2, 0.25) is 0 Å². The summed E-state index contributed by atoms with van der Waals surface area (Å²) in [5.41, 5.74) is 1.42. The highest BCUT2D eigenvalue weighted by Gasteiger charge is 2.36. The average molecular weight is 375 g/mol. The van der Waals surface area contributed by atoms with Crippen LogP contribution in [0.15, 0.2) is 30.3 Å². The van der Waals surface area contributed by atoms with Crippen LogP contribution in [0.4, 0.5) is 0 Å². The van der Waals surface area contributed by atoms with E-state index in [-0.39, 0.29) is 0 Å². The van der Waals surface area contributed by atoms with Crippen molar-refractivity contribution in [2.45, 2.75) is 42.8 Å². The zero-order valence-electron chi connectivity index (χ0n) is 11.1. The van der Waals surface area contributed by atoms with Crippen LogP contribution in [0.1, 0.15) is 25.8 Å². The first kappa shape index (κ1) is 14.7. The van der Waals surface area contributed by atoms with Gasteiger partial charge in [-0.25, -0.2) is 0 Å².